The van der Waals surface area contributed by atoms with Crippen LogP contribution in [0.3, 0.4) is 0 Å². The minimum atomic E-state index is 0.205. The molecule has 2 nitrogen and oxygen atoms in total. The van der Waals surface area contributed by atoms with Gasteiger partial charge in [-0.05, 0) is 74.2 Å². The Balaban J connectivity index is 1.62. The Morgan fingerprint density at radius 3 is 2.55 bits per heavy atom. The number of rotatable bonds is 3. The third-order valence-corrected chi connectivity index (χ3v) is 4.50. The summed E-state index contributed by atoms with van der Waals surface area (Å²) in [5.41, 5.74) is 6.58. The summed E-state index contributed by atoms with van der Waals surface area (Å²) in [7, 11) is 0. The number of benzene rings is 2. The molecule has 3 heteroatoms. The molecule has 2 aromatic carbocycles. The molecule has 1 aliphatic carbocycles. The largest absolute Gasteiger partial charge is 0.356 e. The summed E-state index contributed by atoms with van der Waals surface area (Å²) in [6.07, 6.45) is 3.72. The molecule has 0 heterocycles. The first-order chi connectivity index (χ1) is 10.6. The van der Waals surface area contributed by atoms with Crippen LogP contribution >= 0.6 is 12.2 Å². The smallest absolute Gasteiger partial charge is 0.171 e. The van der Waals surface area contributed by atoms with E-state index in [1.807, 2.05) is 12.1 Å². The van der Waals surface area contributed by atoms with Crippen LogP contribution in [0.5, 0.6) is 0 Å². The van der Waals surface area contributed by atoms with Crippen LogP contribution in [0.4, 0.5) is 5.69 Å². The normalized spacial score (nSPS) is 14.3. The molecule has 3 rings (SSSR count). The average molecular weight is 310 g/mol. The lowest BCUT2D eigenvalue weighted by molar-refractivity contribution is 0.721. The van der Waals surface area contributed by atoms with Crippen LogP contribution in [0.1, 0.15) is 41.6 Å². The number of hydrogen-bond acceptors (Lipinski definition) is 1. The molecule has 1 aliphatic rings. The first-order valence-electron chi connectivity index (χ1n) is 7.88. The SMILES string of the molecule is Cc1ccc(NC(=S)N[C@@H](C)c2ccc3c(c2)CCC3)cc1. The fourth-order valence-corrected chi connectivity index (χ4v) is 3.24. The van der Waals surface area contributed by atoms with E-state index in [4.69, 9.17) is 12.2 Å². The van der Waals surface area contributed by atoms with Gasteiger partial charge in [-0.1, -0.05) is 35.9 Å². The Labute approximate surface area is 137 Å². The summed E-state index contributed by atoms with van der Waals surface area (Å²) in [6, 6.07) is 15.3. The van der Waals surface area contributed by atoms with Gasteiger partial charge in [0.05, 0.1) is 6.04 Å². The topological polar surface area (TPSA) is 24.1 Å². The molecule has 114 valence electrons. The predicted molar refractivity (Wildman–Crippen MR) is 97.4 cm³/mol. The van der Waals surface area contributed by atoms with Crippen molar-refractivity contribution in [3.05, 3.63) is 64.7 Å². The molecular formula is C19H22N2S. The Morgan fingerprint density at radius 1 is 1.05 bits per heavy atom. The maximum atomic E-state index is 5.42. The summed E-state index contributed by atoms with van der Waals surface area (Å²) < 4.78 is 0. The summed E-state index contributed by atoms with van der Waals surface area (Å²) in [5, 5.41) is 7.28. The zero-order chi connectivity index (χ0) is 15.5. The highest BCUT2D eigenvalue weighted by Gasteiger charge is 2.14. The Kier molecular flexibility index (Phi) is 4.44. The zero-order valence-corrected chi connectivity index (χ0v) is 14.0. The number of nitrogens with one attached hydrogen (secondary N) is 2. The van der Waals surface area contributed by atoms with Crippen LogP contribution in [0.25, 0.3) is 0 Å². The lowest BCUT2D eigenvalue weighted by Gasteiger charge is -2.18. The van der Waals surface area contributed by atoms with Gasteiger partial charge in [0.2, 0.25) is 0 Å². The Bertz CT molecular complexity index is 676. The number of fused-ring (bicyclic) bond motifs is 1. The van der Waals surface area contributed by atoms with Crippen molar-refractivity contribution in [2.24, 2.45) is 0 Å². The second kappa shape index (κ2) is 6.49. The van der Waals surface area contributed by atoms with E-state index < -0.39 is 0 Å². The zero-order valence-electron chi connectivity index (χ0n) is 13.1. The lowest BCUT2D eigenvalue weighted by Crippen LogP contribution is -2.30. The monoisotopic (exact) mass is 310 g/mol. The Morgan fingerprint density at radius 2 is 1.77 bits per heavy atom. The molecule has 0 amide bonds. The molecule has 0 fully saturated rings. The summed E-state index contributed by atoms with van der Waals surface area (Å²) >= 11 is 5.42. The van der Waals surface area contributed by atoms with Gasteiger partial charge in [0.1, 0.15) is 0 Å². The van der Waals surface area contributed by atoms with Gasteiger partial charge in [-0.15, -0.1) is 0 Å². The number of hydrogen-bond donors (Lipinski definition) is 2. The van der Waals surface area contributed by atoms with E-state index in [0.29, 0.717) is 5.11 Å². The summed E-state index contributed by atoms with van der Waals surface area (Å²) in [6.45, 7) is 4.23. The van der Waals surface area contributed by atoms with Crippen LogP contribution in [0, 0.1) is 6.92 Å². The highest BCUT2D eigenvalue weighted by atomic mass is 32.1. The lowest BCUT2D eigenvalue weighted by atomic mass is 10.0. The number of thiocarbonyl (C=S) groups is 1. The van der Waals surface area contributed by atoms with Crippen LogP contribution in [-0.4, -0.2) is 5.11 Å². The molecule has 1 atom stereocenters. The van der Waals surface area contributed by atoms with Crippen molar-refractivity contribution >= 4 is 23.0 Å². The molecule has 0 radical (unpaired) electrons. The quantitative estimate of drug-likeness (QED) is 0.814. The van der Waals surface area contributed by atoms with Gasteiger partial charge in [0, 0.05) is 5.69 Å². The maximum Gasteiger partial charge on any atom is 0.171 e. The molecular weight excluding hydrogens is 288 g/mol. The average Bonchev–Trinajstić information content (AvgIpc) is 2.97. The third-order valence-electron chi connectivity index (χ3n) is 4.28. The van der Waals surface area contributed by atoms with Gasteiger partial charge in [-0.3, -0.25) is 0 Å². The van der Waals surface area contributed by atoms with Gasteiger partial charge >= 0.3 is 0 Å². The van der Waals surface area contributed by atoms with Crippen LogP contribution in [0.15, 0.2) is 42.5 Å². The second-order valence-corrected chi connectivity index (χ2v) is 6.48. The highest BCUT2D eigenvalue weighted by molar-refractivity contribution is 7.80. The molecule has 0 bridgehead atoms. The second-order valence-electron chi connectivity index (χ2n) is 6.07. The first-order valence-corrected chi connectivity index (χ1v) is 8.28. The van der Waals surface area contributed by atoms with E-state index in [0.717, 1.165) is 5.69 Å². The fraction of sp³-hybridized carbons (Fsp3) is 0.316. The van der Waals surface area contributed by atoms with E-state index in [-0.39, 0.29) is 6.04 Å². The predicted octanol–water partition coefficient (Wildman–Crippen LogP) is 4.53. The van der Waals surface area contributed by atoms with Crippen molar-refractivity contribution in [1.29, 1.82) is 0 Å². The van der Waals surface area contributed by atoms with Crippen molar-refractivity contribution < 1.29 is 0 Å². The van der Waals surface area contributed by atoms with E-state index >= 15 is 0 Å². The fourth-order valence-electron chi connectivity index (χ4n) is 2.95. The highest BCUT2D eigenvalue weighted by Crippen LogP contribution is 2.25. The van der Waals surface area contributed by atoms with Crippen LogP contribution < -0.4 is 10.6 Å². The summed E-state index contributed by atoms with van der Waals surface area (Å²) in [5.74, 6) is 0. The van der Waals surface area contributed by atoms with Gasteiger partial charge in [0.15, 0.2) is 5.11 Å². The molecule has 22 heavy (non-hydrogen) atoms. The van der Waals surface area contributed by atoms with Gasteiger partial charge in [-0.2, -0.15) is 0 Å². The molecule has 0 spiro atoms. The minimum absolute atomic E-state index is 0.205. The molecule has 0 aliphatic heterocycles. The van der Waals surface area contributed by atoms with E-state index in [2.05, 4.69) is 54.8 Å². The molecule has 0 unspecified atom stereocenters. The third kappa shape index (κ3) is 3.47. The van der Waals surface area contributed by atoms with Crippen molar-refractivity contribution in [3.8, 4) is 0 Å². The maximum absolute atomic E-state index is 5.42. The van der Waals surface area contributed by atoms with Crippen molar-refractivity contribution in [3.63, 3.8) is 0 Å². The number of aryl methyl sites for hydroxylation is 3. The summed E-state index contributed by atoms with van der Waals surface area (Å²) in [4.78, 5) is 0. The van der Waals surface area contributed by atoms with Crippen molar-refractivity contribution in [2.75, 3.05) is 5.32 Å². The van der Waals surface area contributed by atoms with E-state index in [9.17, 15) is 0 Å². The first kappa shape index (κ1) is 15.0. The minimum Gasteiger partial charge on any atom is -0.356 e. The molecule has 2 N–H and O–H groups in total. The molecule has 2 aromatic rings. The van der Waals surface area contributed by atoms with E-state index in [1.165, 1.54) is 41.5 Å². The van der Waals surface area contributed by atoms with Gasteiger partial charge < -0.3 is 10.6 Å². The van der Waals surface area contributed by atoms with Gasteiger partial charge in [-0.25, -0.2) is 0 Å². The standard InChI is InChI=1S/C19H22N2S/c1-13-6-10-18(11-7-13)21-19(22)20-14(2)16-9-8-15-4-3-5-17(15)12-16/h6-12,14H,3-5H2,1-2H3,(H2,20,21,22)/t14-/m0/s1. The molecule has 0 saturated carbocycles. The van der Waals surface area contributed by atoms with Crippen molar-refractivity contribution in [2.45, 2.75) is 39.2 Å². The Hall–Kier alpha value is -1.87. The van der Waals surface area contributed by atoms with Crippen molar-refractivity contribution in [1.82, 2.24) is 5.32 Å². The van der Waals surface area contributed by atoms with Gasteiger partial charge in [0.25, 0.3) is 0 Å². The number of anilines is 1. The van der Waals surface area contributed by atoms with Crippen LogP contribution in [0.2, 0.25) is 0 Å². The van der Waals surface area contributed by atoms with E-state index in [1.54, 1.807) is 0 Å². The molecule has 0 aromatic heterocycles. The molecule has 0 saturated heterocycles. The van der Waals surface area contributed by atoms with Crippen LogP contribution in [-0.2, 0) is 12.8 Å².